The van der Waals surface area contributed by atoms with Gasteiger partial charge in [0.1, 0.15) is 5.69 Å². The van der Waals surface area contributed by atoms with Crippen molar-refractivity contribution >= 4 is 0 Å². The monoisotopic (exact) mass is 310 g/mol. The number of alkyl halides is 3. The molecule has 2 aromatic rings. The molecule has 1 aromatic heterocycles. The Balaban J connectivity index is 2.05. The van der Waals surface area contributed by atoms with Gasteiger partial charge < -0.3 is 5.32 Å². The first-order valence-corrected chi connectivity index (χ1v) is 7.23. The van der Waals surface area contributed by atoms with Gasteiger partial charge in [-0.1, -0.05) is 23.4 Å². The van der Waals surface area contributed by atoms with Crippen LogP contribution in [0.5, 0.6) is 0 Å². The summed E-state index contributed by atoms with van der Waals surface area (Å²) in [7, 11) is 0. The normalized spacial score (nSPS) is 19.8. The molecule has 0 spiro atoms. The van der Waals surface area contributed by atoms with Crippen molar-refractivity contribution in [3.63, 3.8) is 0 Å². The fourth-order valence-corrected chi connectivity index (χ4v) is 2.97. The number of halogens is 3. The van der Waals surface area contributed by atoms with Gasteiger partial charge in [0.05, 0.1) is 23.3 Å². The molecule has 1 N–H and O–H groups in total. The van der Waals surface area contributed by atoms with Crippen LogP contribution in [0.1, 0.15) is 48.4 Å². The third kappa shape index (κ3) is 2.49. The predicted octanol–water partition coefficient (Wildman–Crippen LogP) is 3.11. The summed E-state index contributed by atoms with van der Waals surface area (Å²) < 4.78 is 41.2. The van der Waals surface area contributed by atoms with Crippen LogP contribution in [0.4, 0.5) is 13.2 Å². The second-order valence-corrected chi connectivity index (χ2v) is 5.55. The fraction of sp³-hybridized carbons (Fsp3) is 0.467. The minimum absolute atomic E-state index is 0.0718. The Kier molecular flexibility index (Phi) is 3.68. The van der Waals surface area contributed by atoms with Crippen LogP contribution in [-0.4, -0.2) is 21.5 Å². The van der Waals surface area contributed by atoms with Crippen molar-refractivity contribution < 1.29 is 13.2 Å². The van der Waals surface area contributed by atoms with E-state index in [1.54, 1.807) is 17.7 Å². The van der Waals surface area contributed by atoms with Crippen molar-refractivity contribution in [3.05, 3.63) is 46.8 Å². The molecule has 2 atom stereocenters. The lowest BCUT2D eigenvalue weighted by Gasteiger charge is -2.23. The van der Waals surface area contributed by atoms with E-state index < -0.39 is 17.8 Å². The van der Waals surface area contributed by atoms with E-state index in [9.17, 15) is 13.2 Å². The molecule has 0 radical (unpaired) electrons. The summed E-state index contributed by atoms with van der Waals surface area (Å²) in [5.41, 5.74) is 1.33. The number of nitrogens with one attached hydrogen (secondary N) is 1. The first-order valence-electron chi connectivity index (χ1n) is 7.23. The summed E-state index contributed by atoms with van der Waals surface area (Å²) in [6, 6.07) is 5.20. The smallest absolute Gasteiger partial charge is 0.308 e. The Hall–Kier alpha value is -1.89. The van der Waals surface area contributed by atoms with E-state index in [4.69, 9.17) is 0 Å². The van der Waals surface area contributed by atoms with Gasteiger partial charge in [-0.25, -0.2) is 4.68 Å². The third-order valence-electron chi connectivity index (χ3n) is 4.13. The van der Waals surface area contributed by atoms with Gasteiger partial charge in [0.25, 0.3) is 0 Å². The number of fused-ring (bicyclic) bond motifs is 1. The van der Waals surface area contributed by atoms with E-state index in [2.05, 4.69) is 15.6 Å². The second-order valence-electron chi connectivity index (χ2n) is 5.55. The molecule has 3 rings (SSSR count). The van der Waals surface area contributed by atoms with Crippen LogP contribution in [0.2, 0.25) is 0 Å². The summed E-state index contributed by atoms with van der Waals surface area (Å²) >= 11 is 0. The maximum absolute atomic E-state index is 13.2. The summed E-state index contributed by atoms with van der Waals surface area (Å²) in [4.78, 5) is 0. The molecule has 118 valence electrons. The van der Waals surface area contributed by atoms with E-state index in [1.807, 2.05) is 6.92 Å². The molecule has 22 heavy (non-hydrogen) atoms. The van der Waals surface area contributed by atoms with Gasteiger partial charge in [0.2, 0.25) is 0 Å². The summed E-state index contributed by atoms with van der Waals surface area (Å²) in [5.74, 6) is 0. The van der Waals surface area contributed by atoms with Gasteiger partial charge in [0.15, 0.2) is 0 Å². The van der Waals surface area contributed by atoms with E-state index in [0.29, 0.717) is 6.42 Å². The molecule has 4 nitrogen and oxygen atoms in total. The van der Waals surface area contributed by atoms with Crippen LogP contribution in [0.25, 0.3) is 0 Å². The van der Waals surface area contributed by atoms with Gasteiger partial charge in [0, 0.05) is 13.0 Å². The van der Waals surface area contributed by atoms with Crippen LogP contribution in [0.15, 0.2) is 24.3 Å². The van der Waals surface area contributed by atoms with Crippen molar-refractivity contribution in [1.29, 1.82) is 0 Å². The Morgan fingerprint density at radius 3 is 2.77 bits per heavy atom. The van der Waals surface area contributed by atoms with E-state index in [-0.39, 0.29) is 11.6 Å². The molecule has 0 aliphatic carbocycles. The molecular weight excluding hydrogens is 293 g/mol. The molecule has 7 heteroatoms. The molecule has 0 bridgehead atoms. The fourth-order valence-electron chi connectivity index (χ4n) is 2.97. The first-order chi connectivity index (χ1) is 10.4. The van der Waals surface area contributed by atoms with Crippen molar-refractivity contribution in [1.82, 2.24) is 20.3 Å². The molecule has 1 aliphatic heterocycles. The highest BCUT2D eigenvalue weighted by atomic mass is 19.4. The average Bonchev–Trinajstić information content (AvgIpc) is 2.91. The lowest BCUT2D eigenvalue weighted by atomic mass is 10.00. The third-order valence-corrected chi connectivity index (χ3v) is 4.13. The highest BCUT2D eigenvalue weighted by Gasteiger charge is 2.35. The lowest BCUT2D eigenvalue weighted by Crippen LogP contribution is -2.29. The maximum atomic E-state index is 13.2. The Labute approximate surface area is 126 Å². The van der Waals surface area contributed by atoms with E-state index in [0.717, 1.165) is 24.0 Å². The Bertz CT molecular complexity index is 678. The Morgan fingerprint density at radius 1 is 1.32 bits per heavy atom. The number of hydrogen-bond donors (Lipinski definition) is 1. The largest absolute Gasteiger partial charge is 0.416 e. The number of benzene rings is 1. The zero-order valence-corrected chi connectivity index (χ0v) is 12.4. The van der Waals surface area contributed by atoms with Crippen molar-refractivity contribution in [2.45, 2.75) is 38.5 Å². The molecular formula is C15H17F3N4. The zero-order valence-electron chi connectivity index (χ0n) is 12.4. The molecule has 0 saturated heterocycles. The molecule has 0 fully saturated rings. The minimum Gasteiger partial charge on any atom is -0.308 e. The number of rotatable bonds is 2. The predicted molar refractivity (Wildman–Crippen MR) is 75.4 cm³/mol. The molecule has 0 amide bonds. The van der Waals surface area contributed by atoms with Crippen LogP contribution in [-0.2, 0) is 12.6 Å². The highest BCUT2D eigenvalue weighted by molar-refractivity contribution is 5.33. The second kappa shape index (κ2) is 5.39. The molecule has 2 heterocycles. The van der Waals surface area contributed by atoms with Gasteiger partial charge >= 0.3 is 6.18 Å². The van der Waals surface area contributed by atoms with Crippen molar-refractivity contribution in [3.8, 4) is 0 Å². The van der Waals surface area contributed by atoms with Crippen molar-refractivity contribution in [2.24, 2.45) is 0 Å². The lowest BCUT2D eigenvalue weighted by molar-refractivity contribution is -0.138. The van der Waals surface area contributed by atoms with Crippen molar-refractivity contribution in [2.75, 3.05) is 6.54 Å². The van der Waals surface area contributed by atoms with Crippen LogP contribution in [0, 0.1) is 0 Å². The molecule has 1 aromatic carbocycles. The molecule has 1 aliphatic rings. The highest BCUT2D eigenvalue weighted by Crippen LogP contribution is 2.36. The average molecular weight is 310 g/mol. The van der Waals surface area contributed by atoms with Gasteiger partial charge in [-0.2, -0.15) is 13.2 Å². The Morgan fingerprint density at radius 2 is 2.05 bits per heavy atom. The van der Waals surface area contributed by atoms with Crippen LogP contribution >= 0.6 is 0 Å². The molecule has 1 unspecified atom stereocenters. The minimum atomic E-state index is -4.37. The topological polar surface area (TPSA) is 42.7 Å². The standard InChI is InChI=1S/C15H17F3N4/c1-9-14-13(7-8-19-9)22(21-20-14)10(2)11-5-3-4-6-12(11)15(16,17)18/h3-6,9-10,19H,7-8H2,1-2H3/t9-,10?/m1/s1. The van der Waals surface area contributed by atoms with Crippen LogP contribution < -0.4 is 5.32 Å². The van der Waals surface area contributed by atoms with E-state index in [1.165, 1.54) is 12.1 Å². The number of nitrogens with zero attached hydrogens (tertiary/aromatic N) is 3. The number of aromatic nitrogens is 3. The quantitative estimate of drug-likeness (QED) is 0.927. The summed E-state index contributed by atoms with van der Waals surface area (Å²) in [5, 5.41) is 11.5. The number of hydrogen-bond acceptors (Lipinski definition) is 3. The van der Waals surface area contributed by atoms with E-state index >= 15 is 0 Å². The zero-order chi connectivity index (χ0) is 15.9. The van der Waals surface area contributed by atoms with Gasteiger partial charge in [-0.3, -0.25) is 0 Å². The molecule has 0 saturated carbocycles. The SMILES string of the molecule is CC(c1ccccc1C(F)(F)F)n1nnc2c1CCN[C@@H]2C. The van der Waals surface area contributed by atoms with Gasteiger partial charge in [-0.05, 0) is 25.5 Å². The summed E-state index contributed by atoms with van der Waals surface area (Å²) in [6.45, 7) is 4.48. The van der Waals surface area contributed by atoms with Gasteiger partial charge in [-0.15, -0.1) is 5.10 Å². The van der Waals surface area contributed by atoms with Crippen LogP contribution in [0.3, 0.4) is 0 Å². The maximum Gasteiger partial charge on any atom is 0.416 e. The first kappa shape index (κ1) is 15.0. The summed E-state index contributed by atoms with van der Waals surface area (Å²) in [6.07, 6.45) is -3.66.